The summed E-state index contributed by atoms with van der Waals surface area (Å²) in [6, 6.07) is 0. The number of amides is 1. The number of nitrogens with one attached hydrogen (secondary N) is 1. The number of nitrogens with zero attached hydrogens (tertiary/aromatic N) is 3. The summed E-state index contributed by atoms with van der Waals surface area (Å²) >= 11 is 0. The van der Waals surface area contributed by atoms with Crippen LogP contribution in [0, 0.1) is 18.3 Å². The van der Waals surface area contributed by atoms with Gasteiger partial charge in [-0.2, -0.15) is 0 Å². The van der Waals surface area contributed by atoms with Gasteiger partial charge in [0.15, 0.2) is 5.96 Å². The van der Waals surface area contributed by atoms with Crippen molar-refractivity contribution in [1.82, 2.24) is 15.1 Å². The topological polar surface area (TPSA) is 57.2 Å². The van der Waals surface area contributed by atoms with Crippen LogP contribution < -0.4 is 5.32 Å². The normalized spacial score (nSPS) is 16.3. The molecule has 1 aliphatic rings. The number of carbonyl (C=O) groups excluding carboxylic acids is 1. The Kier molecular flexibility index (Phi) is 8.60. The summed E-state index contributed by atoms with van der Waals surface area (Å²) in [7, 11) is 0. The fourth-order valence-electron chi connectivity index (χ4n) is 2.84. The second-order valence-electron chi connectivity index (χ2n) is 7.32. The Balaban J connectivity index is 2.54. The van der Waals surface area contributed by atoms with Crippen molar-refractivity contribution in [2.45, 2.75) is 53.1 Å². The molecule has 0 spiro atoms. The van der Waals surface area contributed by atoms with Crippen molar-refractivity contribution in [2.24, 2.45) is 10.9 Å². The van der Waals surface area contributed by atoms with Gasteiger partial charge in [-0.05, 0) is 53.4 Å². The lowest BCUT2D eigenvalue weighted by molar-refractivity contribution is 0.0214. The van der Waals surface area contributed by atoms with Gasteiger partial charge in [-0.15, -0.1) is 6.42 Å². The van der Waals surface area contributed by atoms with Crippen LogP contribution in [0.5, 0.6) is 0 Å². The van der Waals surface area contributed by atoms with Crippen LogP contribution in [0.25, 0.3) is 0 Å². The molecule has 1 heterocycles. The molecule has 1 fully saturated rings. The number of rotatable bonds is 5. The van der Waals surface area contributed by atoms with E-state index in [1.165, 1.54) is 0 Å². The summed E-state index contributed by atoms with van der Waals surface area (Å²) in [6.07, 6.45) is 7.15. The molecule has 0 atom stereocenters. The number of hydrogen-bond donors (Lipinski definition) is 1. The first-order chi connectivity index (χ1) is 11.8. The van der Waals surface area contributed by atoms with Gasteiger partial charge in [0.1, 0.15) is 12.1 Å². The van der Waals surface area contributed by atoms with E-state index in [9.17, 15) is 4.79 Å². The molecule has 1 rings (SSSR count). The zero-order valence-corrected chi connectivity index (χ0v) is 16.5. The van der Waals surface area contributed by atoms with Crippen LogP contribution in [0.15, 0.2) is 4.99 Å². The Bertz CT molecular complexity index is 483. The van der Waals surface area contributed by atoms with Crippen LogP contribution in [-0.2, 0) is 4.74 Å². The van der Waals surface area contributed by atoms with Crippen molar-refractivity contribution in [2.75, 3.05) is 39.3 Å². The highest BCUT2D eigenvalue weighted by molar-refractivity contribution is 5.80. The minimum atomic E-state index is -0.456. The first-order valence-electron chi connectivity index (χ1n) is 9.25. The van der Waals surface area contributed by atoms with Crippen LogP contribution in [0.2, 0.25) is 0 Å². The van der Waals surface area contributed by atoms with E-state index in [0.717, 1.165) is 45.0 Å². The van der Waals surface area contributed by atoms with Gasteiger partial charge in [0, 0.05) is 32.7 Å². The molecule has 0 radical (unpaired) electrons. The summed E-state index contributed by atoms with van der Waals surface area (Å²) < 4.78 is 5.50. The van der Waals surface area contributed by atoms with Gasteiger partial charge in [-0.3, -0.25) is 0 Å². The van der Waals surface area contributed by atoms with Crippen molar-refractivity contribution < 1.29 is 9.53 Å². The molecule has 0 aromatic heterocycles. The van der Waals surface area contributed by atoms with Gasteiger partial charge in [-0.1, -0.05) is 5.92 Å². The third-order valence-corrected chi connectivity index (χ3v) is 4.08. The predicted molar refractivity (Wildman–Crippen MR) is 103 cm³/mol. The van der Waals surface area contributed by atoms with E-state index >= 15 is 0 Å². The number of likely N-dealkylation sites (tertiary alicyclic amines) is 1. The lowest BCUT2D eigenvalue weighted by Gasteiger charge is -2.36. The Hall–Kier alpha value is -1.90. The Morgan fingerprint density at radius 3 is 2.48 bits per heavy atom. The Morgan fingerprint density at radius 1 is 1.36 bits per heavy atom. The fourth-order valence-corrected chi connectivity index (χ4v) is 2.84. The molecule has 1 aliphatic heterocycles. The largest absolute Gasteiger partial charge is 0.444 e. The molecule has 0 unspecified atom stereocenters. The smallest absolute Gasteiger partial charge is 0.410 e. The average molecular weight is 351 g/mol. The van der Waals surface area contributed by atoms with Crippen molar-refractivity contribution in [3.63, 3.8) is 0 Å². The highest BCUT2D eigenvalue weighted by atomic mass is 16.6. The summed E-state index contributed by atoms with van der Waals surface area (Å²) in [6.45, 7) is 14.2. The van der Waals surface area contributed by atoms with Crippen LogP contribution >= 0.6 is 0 Å². The predicted octanol–water partition coefficient (Wildman–Crippen LogP) is 2.55. The third-order valence-electron chi connectivity index (χ3n) is 4.08. The molecule has 6 heteroatoms. The lowest BCUT2D eigenvalue weighted by atomic mass is 9.96. The molecule has 25 heavy (non-hydrogen) atoms. The lowest BCUT2D eigenvalue weighted by Crippen LogP contribution is -2.47. The van der Waals surface area contributed by atoms with Gasteiger partial charge in [0.05, 0.1) is 0 Å². The highest BCUT2D eigenvalue weighted by Crippen LogP contribution is 2.20. The standard InChI is InChI=1S/C19H34N4O2/c1-7-12-21-17(20-8-2)23-13-10-16(11-14-23)15-22(9-3)18(24)25-19(4,5)6/h1,16H,8-15H2,2-6H3,(H,20,21). The molecule has 1 N–H and O–H groups in total. The van der Waals surface area contributed by atoms with E-state index in [2.05, 4.69) is 28.1 Å². The van der Waals surface area contributed by atoms with Crippen molar-refractivity contribution >= 4 is 12.1 Å². The summed E-state index contributed by atoms with van der Waals surface area (Å²) in [4.78, 5) is 20.8. The quantitative estimate of drug-likeness (QED) is 0.470. The van der Waals surface area contributed by atoms with E-state index < -0.39 is 5.60 Å². The van der Waals surface area contributed by atoms with Gasteiger partial charge in [0.2, 0.25) is 0 Å². The van der Waals surface area contributed by atoms with Crippen LogP contribution in [-0.4, -0.2) is 66.7 Å². The molecule has 1 amide bonds. The first kappa shape index (κ1) is 21.1. The number of aliphatic imine (C=N–C) groups is 1. The number of carbonyl (C=O) groups is 1. The monoisotopic (exact) mass is 350 g/mol. The molecule has 0 bridgehead atoms. The number of hydrogen-bond acceptors (Lipinski definition) is 3. The van der Waals surface area contributed by atoms with Gasteiger partial charge in [-0.25, -0.2) is 9.79 Å². The van der Waals surface area contributed by atoms with Crippen LogP contribution in [0.3, 0.4) is 0 Å². The second kappa shape index (κ2) is 10.2. The van der Waals surface area contributed by atoms with Gasteiger partial charge < -0.3 is 19.9 Å². The van der Waals surface area contributed by atoms with E-state index in [1.54, 1.807) is 0 Å². The van der Waals surface area contributed by atoms with Crippen molar-refractivity contribution in [3.8, 4) is 12.3 Å². The number of terminal acetylenes is 1. The van der Waals surface area contributed by atoms with E-state index in [-0.39, 0.29) is 6.09 Å². The molecule has 0 aromatic carbocycles. The van der Waals surface area contributed by atoms with E-state index in [0.29, 0.717) is 19.0 Å². The van der Waals surface area contributed by atoms with E-state index in [4.69, 9.17) is 11.2 Å². The summed E-state index contributed by atoms with van der Waals surface area (Å²) in [5.41, 5.74) is -0.456. The maximum absolute atomic E-state index is 12.3. The molecule has 0 saturated carbocycles. The molecule has 0 aliphatic carbocycles. The summed E-state index contributed by atoms with van der Waals surface area (Å²) in [5.74, 6) is 3.93. The van der Waals surface area contributed by atoms with E-state index in [1.807, 2.05) is 32.6 Å². The van der Waals surface area contributed by atoms with Gasteiger partial charge in [0.25, 0.3) is 0 Å². The Labute approximate surface area is 153 Å². The Morgan fingerprint density at radius 2 is 2.00 bits per heavy atom. The average Bonchev–Trinajstić information content (AvgIpc) is 2.55. The van der Waals surface area contributed by atoms with Crippen molar-refractivity contribution in [1.29, 1.82) is 0 Å². The number of piperidine rings is 1. The first-order valence-corrected chi connectivity index (χ1v) is 9.25. The molecular weight excluding hydrogens is 316 g/mol. The maximum Gasteiger partial charge on any atom is 0.410 e. The van der Waals surface area contributed by atoms with Crippen LogP contribution in [0.1, 0.15) is 47.5 Å². The highest BCUT2D eigenvalue weighted by Gasteiger charge is 2.27. The minimum absolute atomic E-state index is 0.221. The zero-order valence-electron chi connectivity index (χ0n) is 16.5. The number of guanidine groups is 1. The molecule has 6 nitrogen and oxygen atoms in total. The minimum Gasteiger partial charge on any atom is -0.444 e. The maximum atomic E-state index is 12.3. The molecule has 142 valence electrons. The molecule has 0 aromatic rings. The third kappa shape index (κ3) is 7.68. The zero-order chi connectivity index (χ0) is 18.9. The van der Waals surface area contributed by atoms with Crippen molar-refractivity contribution in [3.05, 3.63) is 0 Å². The number of ether oxygens (including phenoxy) is 1. The van der Waals surface area contributed by atoms with Gasteiger partial charge >= 0.3 is 6.09 Å². The fraction of sp³-hybridized carbons (Fsp3) is 0.789. The SMILES string of the molecule is C#CCN=C(NCC)N1CCC(CN(CC)C(=O)OC(C)(C)C)CC1. The summed E-state index contributed by atoms with van der Waals surface area (Å²) in [5, 5.41) is 3.29. The van der Waals surface area contributed by atoms with Crippen LogP contribution in [0.4, 0.5) is 4.79 Å². The second-order valence-corrected chi connectivity index (χ2v) is 7.32. The molecular formula is C19H34N4O2. The molecule has 1 saturated heterocycles.